The predicted octanol–water partition coefficient (Wildman–Crippen LogP) is 3.24. The van der Waals surface area contributed by atoms with Crippen LogP contribution in [0.15, 0.2) is 52.3 Å². The standard InChI is InChI=1S/C15H16ClNO4S2/c1-3-22(18,19)13-7-5-12(6-8-13)17-23(20,21)15-9-4-11(2)10-14(15)16/h4-10,17H,3H2,1-2H3. The highest BCUT2D eigenvalue weighted by atomic mass is 35.5. The maximum Gasteiger partial charge on any atom is 0.263 e. The molecule has 0 heterocycles. The zero-order valence-corrected chi connectivity index (χ0v) is 15.0. The molecule has 124 valence electrons. The number of sulfonamides is 1. The SMILES string of the molecule is CCS(=O)(=O)c1ccc(NS(=O)(=O)c2ccc(C)cc2Cl)cc1. The lowest BCUT2D eigenvalue weighted by Gasteiger charge is -2.10. The molecule has 0 fully saturated rings. The molecule has 2 aromatic carbocycles. The molecule has 8 heteroatoms. The zero-order chi connectivity index (χ0) is 17.3. The van der Waals surface area contributed by atoms with Crippen LogP contribution >= 0.6 is 11.6 Å². The number of hydrogen-bond acceptors (Lipinski definition) is 4. The van der Waals surface area contributed by atoms with E-state index in [2.05, 4.69) is 4.72 Å². The molecule has 0 aliphatic rings. The van der Waals surface area contributed by atoms with Crippen molar-refractivity contribution in [2.75, 3.05) is 10.5 Å². The molecule has 0 atom stereocenters. The highest BCUT2D eigenvalue weighted by Crippen LogP contribution is 2.25. The van der Waals surface area contributed by atoms with Crippen LogP contribution in [0.4, 0.5) is 5.69 Å². The van der Waals surface area contributed by atoms with E-state index in [1.807, 2.05) is 6.92 Å². The Morgan fingerprint density at radius 1 is 1.00 bits per heavy atom. The summed E-state index contributed by atoms with van der Waals surface area (Å²) >= 11 is 5.99. The van der Waals surface area contributed by atoms with Crippen LogP contribution in [0.2, 0.25) is 5.02 Å². The summed E-state index contributed by atoms with van der Waals surface area (Å²) in [5.41, 5.74) is 1.11. The molecule has 5 nitrogen and oxygen atoms in total. The molecule has 2 rings (SSSR count). The lowest BCUT2D eigenvalue weighted by molar-refractivity contribution is 0.597. The van der Waals surface area contributed by atoms with Crippen molar-refractivity contribution in [3.05, 3.63) is 53.1 Å². The fraction of sp³-hybridized carbons (Fsp3) is 0.200. The van der Waals surface area contributed by atoms with E-state index in [0.717, 1.165) is 5.56 Å². The molecular formula is C15H16ClNO4S2. The van der Waals surface area contributed by atoms with Crippen molar-refractivity contribution in [1.29, 1.82) is 0 Å². The average molecular weight is 374 g/mol. The maximum absolute atomic E-state index is 12.4. The summed E-state index contributed by atoms with van der Waals surface area (Å²) in [6, 6.07) is 10.2. The van der Waals surface area contributed by atoms with Crippen LogP contribution in [0.3, 0.4) is 0 Å². The van der Waals surface area contributed by atoms with Gasteiger partial charge in [-0.3, -0.25) is 4.72 Å². The molecule has 23 heavy (non-hydrogen) atoms. The van der Waals surface area contributed by atoms with Crippen LogP contribution in [0.25, 0.3) is 0 Å². The van der Waals surface area contributed by atoms with Gasteiger partial charge in [0.05, 0.1) is 15.7 Å². The van der Waals surface area contributed by atoms with Crippen molar-refractivity contribution in [2.24, 2.45) is 0 Å². The third-order valence-corrected chi connectivity index (χ3v) is 6.84. The van der Waals surface area contributed by atoms with Crippen molar-refractivity contribution in [3.8, 4) is 0 Å². The van der Waals surface area contributed by atoms with Gasteiger partial charge in [-0.05, 0) is 48.9 Å². The molecule has 0 aromatic heterocycles. The summed E-state index contributed by atoms with van der Waals surface area (Å²) in [7, 11) is -7.17. The number of benzene rings is 2. The lowest BCUT2D eigenvalue weighted by Crippen LogP contribution is -2.13. The van der Waals surface area contributed by atoms with Crippen LogP contribution in [0.5, 0.6) is 0 Å². The van der Waals surface area contributed by atoms with Crippen molar-refractivity contribution in [1.82, 2.24) is 0 Å². The van der Waals surface area contributed by atoms with E-state index < -0.39 is 19.9 Å². The number of aryl methyl sites for hydroxylation is 1. The van der Waals surface area contributed by atoms with Gasteiger partial charge in [0.1, 0.15) is 4.90 Å². The van der Waals surface area contributed by atoms with E-state index in [1.165, 1.54) is 30.3 Å². The van der Waals surface area contributed by atoms with Crippen LogP contribution in [-0.2, 0) is 19.9 Å². The molecule has 0 unspecified atom stereocenters. The fourth-order valence-corrected chi connectivity index (χ4v) is 4.47. The summed E-state index contributed by atoms with van der Waals surface area (Å²) in [5.74, 6) is -0.0168. The molecule has 0 saturated carbocycles. The minimum Gasteiger partial charge on any atom is -0.280 e. The summed E-state index contributed by atoms with van der Waals surface area (Å²) in [6.45, 7) is 3.36. The van der Waals surface area contributed by atoms with Crippen LogP contribution in [0, 0.1) is 6.92 Å². The molecule has 0 spiro atoms. The molecule has 0 aliphatic carbocycles. The monoisotopic (exact) mass is 373 g/mol. The van der Waals surface area contributed by atoms with Crippen LogP contribution < -0.4 is 4.72 Å². The average Bonchev–Trinajstić information content (AvgIpc) is 2.47. The first-order valence-corrected chi connectivity index (χ1v) is 10.3. The summed E-state index contributed by atoms with van der Waals surface area (Å²) < 4.78 is 50.6. The van der Waals surface area contributed by atoms with Crippen molar-refractivity contribution >= 4 is 37.1 Å². The van der Waals surface area contributed by atoms with Gasteiger partial charge in [-0.2, -0.15) is 0 Å². The summed E-state index contributed by atoms with van der Waals surface area (Å²) in [6.07, 6.45) is 0. The minimum atomic E-state index is -3.85. The van der Waals surface area contributed by atoms with E-state index in [0.29, 0.717) is 0 Å². The Bertz CT molecular complexity index is 920. The third kappa shape index (κ3) is 4.04. The number of nitrogens with one attached hydrogen (secondary N) is 1. The first kappa shape index (κ1) is 17.8. The first-order valence-electron chi connectivity index (χ1n) is 6.77. The second kappa shape index (κ2) is 6.51. The minimum absolute atomic E-state index is 0.0168. The molecule has 0 saturated heterocycles. The van der Waals surface area contributed by atoms with Gasteiger partial charge in [0.2, 0.25) is 0 Å². The second-order valence-corrected chi connectivity index (χ2v) is 9.30. The quantitative estimate of drug-likeness (QED) is 0.872. The fourth-order valence-electron chi connectivity index (χ4n) is 1.93. The van der Waals surface area contributed by atoms with Gasteiger partial charge in [-0.15, -0.1) is 0 Å². The number of halogens is 1. The number of sulfone groups is 1. The van der Waals surface area contributed by atoms with Gasteiger partial charge < -0.3 is 0 Å². The van der Waals surface area contributed by atoms with E-state index in [4.69, 9.17) is 11.6 Å². The maximum atomic E-state index is 12.4. The first-order chi connectivity index (χ1) is 10.7. The van der Waals surface area contributed by atoms with E-state index in [9.17, 15) is 16.8 Å². The molecule has 1 N–H and O–H groups in total. The molecular weight excluding hydrogens is 358 g/mol. The molecule has 0 amide bonds. The van der Waals surface area contributed by atoms with Crippen molar-refractivity contribution in [3.63, 3.8) is 0 Å². The predicted molar refractivity (Wildman–Crippen MR) is 91.2 cm³/mol. The smallest absolute Gasteiger partial charge is 0.263 e. The lowest BCUT2D eigenvalue weighted by atomic mass is 10.2. The largest absolute Gasteiger partial charge is 0.280 e. The third-order valence-electron chi connectivity index (χ3n) is 3.22. The second-order valence-electron chi connectivity index (χ2n) is 4.97. The molecule has 0 aliphatic heterocycles. The van der Waals surface area contributed by atoms with Gasteiger partial charge in [0, 0.05) is 5.69 Å². The van der Waals surface area contributed by atoms with E-state index in [-0.39, 0.29) is 26.3 Å². The normalized spacial score (nSPS) is 12.1. The van der Waals surface area contributed by atoms with E-state index >= 15 is 0 Å². The van der Waals surface area contributed by atoms with Gasteiger partial charge >= 0.3 is 0 Å². The highest BCUT2D eigenvalue weighted by Gasteiger charge is 2.18. The molecule has 2 aromatic rings. The number of anilines is 1. The van der Waals surface area contributed by atoms with Gasteiger partial charge in [-0.1, -0.05) is 24.6 Å². The van der Waals surface area contributed by atoms with Crippen LogP contribution in [-0.4, -0.2) is 22.6 Å². The zero-order valence-electron chi connectivity index (χ0n) is 12.6. The summed E-state index contributed by atoms with van der Waals surface area (Å²) in [5, 5.41) is 0.127. The van der Waals surface area contributed by atoms with Crippen molar-refractivity contribution < 1.29 is 16.8 Å². The Labute approximate surface area is 141 Å². The Morgan fingerprint density at radius 2 is 1.61 bits per heavy atom. The number of hydrogen-bond donors (Lipinski definition) is 1. The Hall–Kier alpha value is -1.57. The Morgan fingerprint density at radius 3 is 2.13 bits per heavy atom. The summed E-state index contributed by atoms with van der Waals surface area (Å²) in [4.78, 5) is 0.117. The van der Waals surface area contributed by atoms with Crippen molar-refractivity contribution in [2.45, 2.75) is 23.6 Å². The van der Waals surface area contributed by atoms with Gasteiger partial charge in [0.15, 0.2) is 9.84 Å². The topological polar surface area (TPSA) is 80.3 Å². The Balaban J connectivity index is 2.31. The molecule has 0 radical (unpaired) electrons. The van der Waals surface area contributed by atoms with Gasteiger partial charge in [-0.25, -0.2) is 16.8 Å². The Kier molecular flexibility index (Phi) is 5.03. The van der Waals surface area contributed by atoms with Crippen LogP contribution in [0.1, 0.15) is 12.5 Å². The highest BCUT2D eigenvalue weighted by molar-refractivity contribution is 7.93. The van der Waals surface area contributed by atoms with Gasteiger partial charge in [0.25, 0.3) is 10.0 Å². The van der Waals surface area contributed by atoms with E-state index in [1.54, 1.807) is 19.1 Å². The number of rotatable bonds is 5. The molecule has 0 bridgehead atoms.